The Morgan fingerprint density at radius 3 is 0.742 bits per heavy atom. The molecule has 0 saturated carbocycles. The number of hydrogen-bond acceptors (Lipinski definition) is 6. The van der Waals surface area contributed by atoms with Crippen LogP contribution >= 0.6 is 0 Å². The number of ether oxygens (including phenoxy) is 3. The second-order valence-corrected chi connectivity index (χ2v) is 21.6. The van der Waals surface area contributed by atoms with Gasteiger partial charge in [-0.3, -0.25) is 14.4 Å². The Balaban J connectivity index is 4.22. The van der Waals surface area contributed by atoms with E-state index in [4.69, 9.17) is 14.2 Å². The minimum Gasteiger partial charge on any atom is -0.462 e. The van der Waals surface area contributed by atoms with Crippen LogP contribution in [0.15, 0.2) is 0 Å². The fourth-order valence-electron chi connectivity index (χ4n) is 9.23. The summed E-state index contributed by atoms with van der Waals surface area (Å²) in [5.41, 5.74) is 0. The molecule has 66 heavy (non-hydrogen) atoms. The van der Waals surface area contributed by atoms with Gasteiger partial charge in [-0.1, -0.05) is 298 Å². The molecule has 0 heterocycles. The van der Waals surface area contributed by atoms with Crippen LogP contribution in [0.3, 0.4) is 0 Å². The van der Waals surface area contributed by atoms with Gasteiger partial charge in [0, 0.05) is 19.3 Å². The first-order valence-electron chi connectivity index (χ1n) is 29.7. The Kier molecular flexibility index (Phi) is 51.5. The molecule has 0 saturated heterocycles. The molecular formula is C60H116O6. The van der Waals surface area contributed by atoms with E-state index in [2.05, 4.69) is 34.6 Å². The van der Waals surface area contributed by atoms with Crippen molar-refractivity contribution >= 4 is 17.9 Å². The van der Waals surface area contributed by atoms with Gasteiger partial charge in [0.15, 0.2) is 6.10 Å². The van der Waals surface area contributed by atoms with Crippen LogP contribution < -0.4 is 0 Å². The monoisotopic (exact) mass is 933 g/mol. The van der Waals surface area contributed by atoms with Crippen molar-refractivity contribution in [2.75, 3.05) is 13.2 Å². The standard InChI is InChI=1S/C60H116O6/c1-6-7-8-9-10-11-12-25-32-37-42-47-52-60(63)66-57(54-65-59(62)51-46-41-36-31-27-22-21-24-29-34-39-44-49-56(4)5)53-64-58(61)50-45-40-35-30-26-20-18-16-14-13-15-17-19-23-28-33-38-43-48-55(2)3/h55-57H,6-54H2,1-5H3/t57-/m0/s1. The summed E-state index contributed by atoms with van der Waals surface area (Å²) >= 11 is 0. The van der Waals surface area contributed by atoms with E-state index in [1.54, 1.807) is 0 Å². The highest BCUT2D eigenvalue weighted by molar-refractivity contribution is 5.71. The van der Waals surface area contributed by atoms with Crippen LogP contribution in [0.2, 0.25) is 0 Å². The van der Waals surface area contributed by atoms with E-state index >= 15 is 0 Å². The molecule has 0 rings (SSSR count). The molecule has 0 amide bonds. The molecule has 0 aromatic rings. The number of hydrogen-bond donors (Lipinski definition) is 0. The van der Waals surface area contributed by atoms with Crippen LogP contribution in [0, 0.1) is 11.8 Å². The molecule has 0 spiro atoms. The van der Waals surface area contributed by atoms with Gasteiger partial charge in [-0.15, -0.1) is 0 Å². The van der Waals surface area contributed by atoms with E-state index < -0.39 is 6.10 Å². The Labute approximate surface area is 412 Å². The van der Waals surface area contributed by atoms with Crippen LogP contribution in [0.5, 0.6) is 0 Å². The quantitative estimate of drug-likeness (QED) is 0.0343. The molecule has 0 unspecified atom stereocenters. The second-order valence-electron chi connectivity index (χ2n) is 21.6. The van der Waals surface area contributed by atoms with Crippen molar-refractivity contribution in [2.45, 2.75) is 343 Å². The van der Waals surface area contributed by atoms with E-state index in [1.165, 1.54) is 225 Å². The lowest BCUT2D eigenvalue weighted by Gasteiger charge is -2.18. The molecule has 0 bridgehead atoms. The normalized spacial score (nSPS) is 12.0. The zero-order chi connectivity index (χ0) is 48.2. The Hall–Kier alpha value is -1.59. The van der Waals surface area contributed by atoms with Gasteiger partial charge in [0.1, 0.15) is 13.2 Å². The maximum Gasteiger partial charge on any atom is 0.306 e. The summed E-state index contributed by atoms with van der Waals surface area (Å²) in [6, 6.07) is 0. The molecule has 0 radical (unpaired) electrons. The average Bonchev–Trinajstić information content (AvgIpc) is 3.29. The number of esters is 3. The Morgan fingerprint density at radius 1 is 0.288 bits per heavy atom. The lowest BCUT2D eigenvalue weighted by Crippen LogP contribution is -2.30. The highest BCUT2D eigenvalue weighted by Crippen LogP contribution is 2.18. The van der Waals surface area contributed by atoms with Crippen molar-refractivity contribution < 1.29 is 28.6 Å². The van der Waals surface area contributed by atoms with Crippen LogP contribution in [0.25, 0.3) is 0 Å². The maximum atomic E-state index is 12.8. The van der Waals surface area contributed by atoms with Gasteiger partial charge in [-0.05, 0) is 31.1 Å². The summed E-state index contributed by atoms with van der Waals surface area (Å²) in [6.07, 6.45) is 56.7. The summed E-state index contributed by atoms with van der Waals surface area (Å²) in [5, 5.41) is 0. The summed E-state index contributed by atoms with van der Waals surface area (Å²) in [5.74, 6) is 0.855. The van der Waals surface area contributed by atoms with Crippen LogP contribution in [0.4, 0.5) is 0 Å². The molecule has 0 aliphatic rings. The van der Waals surface area contributed by atoms with E-state index in [1.807, 2.05) is 0 Å². The van der Waals surface area contributed by atoms with Crippen molar-refractivity contribution in [1.82, 2.24) is 0 Å². The highest BCUT2D eigenvalue weighted by atomic mass is 16.6. The van der Waals surface area contributed by atoms with E-state index in [0.717, 1.165) is 69.6 Å². The predicted molar refractivity (Wildman–Crippen MR) is 284 cm³/mol. The van der Waals surface area contributed by atoms with Crippen LogP contribution in [0.1, 0.15) is 336 Å². The van der Waals surface area contributed by atoms with Gasteiger partial charge in [-0.2, -0.15) is 0 Å². The fraction of sp³-hybridized carbons (Fsp3) is 0.950. The molecule has 0 fully saturated rings. The molecule has 6 nitrogen and oxygen atoms in total. The molecule has 0 aliphatic carbocycles. The first-order chi connectivity index (χ1) is 32.2. The SMILES string of the molecule is CCCCCCCCCCCCCCC(=O)O[C@@H](COC(=O)CCCCCCCCCCCCCCCCCCCCC(C)C)COC(=O)CCCCCCCCCCCCCCC(C)C. The zero-order valence-corrected chi connectivity index (χ0v) is 45.3. The van der Waals surface area contributed by atoms with E-state index in [9.17, 15) is 14.4 Å². The number of rotatable bonds is 54. The highest BCUT2D eigenvalue weighted by Gasteiger charge is 2.19. The molecule has 1 atom stereocenters. The van der Waals surface area contributed by atoms with Crippen molar-refractivity contribution in [3.8, 4) is 0 Å². The topological polar surface area (TPSA) is 78.9 Å². The average molecular weight is 934 g/mol. The molecule has 0 aliphatic heterocycles. The largest absolute Gasteiger partial charge is 0.462 e. The number of unbranched alkanes of at least 4 members (excludes halogenated alkanes) is 39. The smallest absolute Gasteiger partial charge is 0.306 e. The van der Waals surface area contributed by atoms with Crippen molar-refractivity contribution in [3.05, 3.63) is 0 Å². The Bertz CT molecular complexity index is 1010. The predicted octanol–water partition coefficient (Wildman–Crippen LogP) is 19.7. The van der Waals surface area contributed by atoms with Crippen LogP contribution in [-0.4, -0.2) is 37.2 Å². The minimum absolute atomic E-state index is 0.0624. The summed E-state index contributed by atoms with van der Waals surface area (Å²) in [4.78, 5) is 38.1. The molecule has 392 valence electrons. The van der Waals surface area contributed by atoms with Gasteiger partial charge < -0.3 is 14.2 Å². The summed E-state index contributed by atoms with van der Waals surface area (Å²) < 4.78 is 16.9. The third-order valence-electron chi connectivity index (χ3n) is 13.7. The van der Waals surface area contributed by atoms with Crippen molar-refractivity contribution in [3.63, 3.8) is 0 Å². The van der Waals surface area contributed by atoms with Gasteiger partial charge in [0.25, 0.3) is 0 Å². The number of carbonyl (C=O) groups excluding carboxylic acids is 3. The van der Waals surface area contributed by atoms with E-state index in [-0.39, 0.29) is 31.1 Å². The molecule has 6 heteroatoms. The lowest BCUT2D eigenvalue weighted by atomic mass is 10.0. The molecule has 0 N–H and O–H groups in total. The molecule has 0 aromatic carbocycles. The van der Waals surface area contributed by atoms with Gasteiger partial charge in [0.2, 0.25) is 0 Å². The van der Waals surface area contributed by atoms with Gasteiger partial charge in [-0.25, -0.2) is 0 Å². The second kappa shape index (κ2) is 52.8. The Morgan fingerprint density at radius 2 is 0.500 bits per heavy atom. The zero-order valence-electron chi connectivity index (χ0n) is 45.3. The molecular weight excluding hydrogens is 817 g/mol. The lowest BCUT2D eigenvalue weighted by molar-refractivity contribution is -0.167. The van der Waals surface area contributed by atoms with Gasteiger partial charge in [0.05, 0.1) is 0 Å². The van der Waals surface area contributed by atoms with Crippen LogP contribution in [-0.2, 0) is 28.6 Å². The third-order valence-corrected chi connectivity index (χ3v) is 13.7. The first kappa shape index (κ1) is 64.4. The summed E-state index contributed by atoms with van der Waals surface area (Å²) in [7, 11) is 0. The van der Waals surface area contributed by atoms with Crippen molar-refractivity contribution in [1.29, 1.82) is 0 Å². The third kappa shape index (κ3) is 53.4. The number of carbonyl (C=O) groups is 3. The first-order valence-corrected chi connectivity index (χ1v) is 29.7. The van der Waals surface area contributed by atoms with Crippen molar-refractivity contribution in [2.24, 2.45) is 11.8 Å². The summed E-state index contributed by atoms with van der Waals surface area (Å²) in [6.45, 7) is 11.4. The maximum absolute atomic E-state index is 12.8. The van der Waals surface area contributed by atoms with E-state index in [0.29, 0.717) is 19.3 Å². The van der Waals surface area contributed by atoms with Gasteiger partial charge >= 0.3 is 17.9 Å². The molecule has 0 aromatic heterocycles. The minimum atomic E-state index is -0.762. The fourth-order valence-corrected chi connectivity index (χ4v) is 9.23.